The Balaban J connectivity index is 2.34. The third kappa shape index (κ3) is 2.12. The van der Waals surface area contributed by atoms with Gasteiger partial charge in [-0.3, -0.25) is 0 Å². The average molecular weight is 265 g/mol. The van der Waals surface area contributed by atoms with Crippen LogP contribution in [0.4, 0.5) is 0 Å². The van der Waals surface area contributed by atoms with Crippen LogP contribution in [0, 0.1) is 11.3 Å². The van der Waals surface area contributed by atoms with Crippen molar-refractivity contribution in [2.75, 3.05) is 6.54 Å². The number of rotatable bonds is 2. The van der Waals surface area contributed by atoms with Crippen molar-refractivity contribution >= 4 is 10.0 Å². The van der Waals surface area contributed by atoms with Gasteiger partial charge in [0.25, 0.3) is 0 Å². The second kappa shape index (κ2) is 4.69. The minimum absolute atomic E-state index is 0.113. The number of hydrogen-bond acceptors (Lipinski definition) is 4. The van der Waals surface area contributed by atoms with E-state index in [2.05, 4.69) is 0 Å². The molecular weight excluding hydrogens is 250 g/mol. The first-order chi connectivity index (χ1) is 8.46. The fourth-order valence-corrected chi connectivity index (χ4v) is 3.80. The van der Waals surface area contributed by atoms with E-state index in [0.29, 0.717) is 18.5 Å². The molecule has 2 unspecified atom stereocenters. The second-order valence-corrected chi connectivity index (χ2v) is 6.34. The molecule has 0 aromatic heterocycles. The van der Waals surface area contributed by atoms with Crippen LogP contribution < -0.4 is 5.73 Å². The Hall–Kier alpha value is -1.42. The van der Waals surface area contributed by atoms with Gasteiger partial charge >= 0.3 is 0 Å². The zero-order chi connectivity index (χ0) is 13.3. The minimum Gasteiger partial charge on any atom is -0.326 e. The largest absolute Gasteiger partial charge is 0.326 e. The molecule has 5 nitrogen and oxygen atoms in total. The van der Waals surface area contributed by atoms with Gasteiger partial charge in [-0.25, -0.2) is 8.42 Å². The average Bonchev–Trinajstić information content (AvgIpc) is 2.70. The van der Waals surface area contributed by atoms with Crippen LogP contribution in [0.5, 0.6) is 0 Å². The summed E-state index contributed by atoms with van der Waals surface area (Å²) in [7, 11) is -3.50. The molecule has 0 bridgehead atoms. The Morgan fingerprint density at radius 2 is 2.00 bits per heavy atom. The zero-order valence-electron chi connectivity index (χ0n) is 10.1. The van der Waals surface area contributed by atoms with Gasteiger partial charge in [0.2, 0.25) is 10.0 Å². The maximum Gasteiger partial charge on any atom is 0.243 e. The molecule has 0 radical (unpaired) electrons. The molecular formula is C12H15N3O2S. The lowest BCUT2D eigenvalue weighted by Gasteiger charge is -2.22. The molecule has 96 valence electrons. The molecule has 1 fully saturated rings. The van der Waals surface area contributed by atoms with Gasteiger partial charge in [-0.05, 0) is 37.6 Å². The highest BCUT2D eigenvalue weighted by molar-refractivity contribution is 7.89. The normalized spacial score (nSPS) is 24.9. The third-order valence-electron chi connectivity index (χ3n) is 3.35. The molecule has 2 N–H and O–H groups in total. The molecule has 0 amide bonds. The summed E-state index contributed by atoms with van der Waals surface area (Å²) < 4.78 is 26.2. The summed E-state index contributed by atoms with van der Waals surface area (Å²) in [6.07, 6.45) is 0.677. The summed E-state index contributed by atoms with van der Waals surface area (Å²) >= 11 is 0. The molecule has 0 aliphatic carbocycles. The number of nitrogens with zero attached hydrogens (tertiary/aromatic N) is 2. The lowest BCUT2D eigenvalue weighted by Crippen LogP contribution is -2.40. The highest BCUT2D eigenvalue weighted by atomic mass is 32.2. The van der Waals surface area contributed by atoms with E-state index in [1.165, 1.54) is 28.6 Å². The van der Waals surface area contributed by atoms with E-state index >= 15 is 0 Å². The highest BCUT2D eigenvalue weighted by Crippen LogP contribution is 2.25. The van der Waals surface area contributed by atoms with E-state index in [4.69, 9.17) is 11.0 Å². The van der Waals surface area contributed by atoms with Crippen LogP contribution in [0.15, 0.2) is 29.2 Å². The van der Waals surface area contributed by atoms with Crippen LogP contribution in [0.1, 0.15) is 18.9 Å². The number of nitriles is 1. The maximum absolute atomic E-state index is 12.4. The first-order valence-electron chi connectivity index (χ1n) is 5.74. The summed E-state index contributed by atoms with van der Waals surface area (Å²) in [5.74, 6) is 0. The van der Waals surface area contributed by atoms with Crippen molar-refractivity contribution in [3.8, 4) is 6.07 Å². The van der Waals surface area contributed by atoms with E-state index < -0.39 is 10.0 Å². The fourth-order valence-electron chi connectivity index (χ4n) is 2.11. The molecule has 1 aliphatic heterocycles. The molecule has 0 saturated carbocycles. The van der Waals surface area contributed by atoms with Crippen molar-refractivity contribution in [3.63, 3.8) is 0 Å². The van der Waals surface area contributed by atoms with Gasteiger partial charge in [-0.1, -0.05) is 0 Å². The second-order valence-electron chi connectivity index (χ2n) is 4.45. The van der Waals surface area contributed by atoms with Crippen molar-refractivity contribution in [2.24, 2.45) is 5.73 Å². The molecule has 18 heavy (non-hydrogen) atoms. The molecule has 0 spiro atoms. The molecule has 1 aromatic rings. The molecule has 1 aliphatic rings. The van der Waals surface area contributed by atoms with E-state index in [1.807, 2.05) is 13.0 Å². The van der Waals surface area contributed by atoms with Gasteiger partial charge in [0, 0.05) is 18.6 Å². The molecule has 6 heteroatoms. The molecule has 1 heterocycles. The lowest BCUT2D eigenvalue weighted by molar-refractivity contribution is 0.393. The topological polar surface area (TPSA) is 87.2 Å². The van der Waals surface area contributed by atoms with Crippen molar-refractivity contribution in [1.29, 1.82) is 5.26 Å². The van der Waals surface area contributed by atoms with E-state index in [9.17, 15) is 8.42 Å². The van der Waals surface area contributed by atoms with Gasteiger partial charge in [0.15, 0.2) is 0 Å². The monoisotopic (exact) mass is 265 g/mol. The van der Waals surface area contributed by atoms with Crippen LogP contribution in [0.2, 0.25) is 0 Å². The van der Waals surface area contributed by atoms with Gasteiger partial charge in [-0.2, -0.15) is 9.57 Å². The summed E-state index contributed by atoms with van der Waals surface area (Å²) in [6.45, 7) is 2.27. The Morgan fingerprint density at radius 1 is 1.39 bits per heavy atom. The Bertz CT molecular complexity index is 574. The van der Waals surface area contributed by atoms with Gasteiger partial charge in [0.05, 0.1) is 16.5 Å². The van der Waals surface area contributed by atoms with Crippen molar-refractivity contribution in [3.05, 3.63) is 29.8 Å². The van der Waals surface area contributed by atoms with Crippen molar-refractivity contribution in [1.82, 2.24) is 4.31 Å². The number of benzene rings is 1. The Labute approximate surface area is 107 Å². The smallest absolute Gasteiger partial charge is 0.243 e. The van der Waals surface area contributed by atoms with E-state index in [1.54, 1.807) is 0 Å². The molecule has 2 atom stereocenters. The fraction of sp³-hybridized carbons (Fsp3) is 0.417. The first-order valence-corrected chi connectivity index (χ1v) is 7.18. The van der Waals surface area contributed by atoms with E-state index in [0.717, 1.165) is 0 Å². The SMILES string of the molecule is CC1C(N)CCN1S(=O)(=O)c1ccc(C#N)cc1. The number of nitrogens with two attached hydrogens (primary N) is 1. The van der Waals surface area contributed by atoms with Gasteiger partial charge in [0.1, 0.15) is 0 Å². The van der Waals surface area contributed by atoms with Gasteiger partial charge < -0.3 is 5.73 Å². The van der Waals surface area contributed by atoms with Crippen LogP contribution >= 0.6 is 0 Å². The first kappa shape index (κ1) is 13.0. The van der Waals surface area contributed by atoms with Gasteiger partial charge in [-0.15, -0.1) is 0 Å². The minimum atomic E-state index is -3.50. The van der Waals surface area contributed by atoms with Crippen LogP contribution in [-0.2, 0) is 10.0 Å². The van der Waals surface area contributed by atoms with Crippen LogP contribution in [0.25, 0.3) is 0 Å². The van der Waals surface area contributed by atoms with Crippen molar-refractivity contribution < 1.29 is 8.42 Å². The summed E-state index contributed by atoms with van der Waals surface area (Å²) in [5, 5.41) is 8.69. The molecule has 2 rings (SSSR count). The number of hydrogen-bond donors (Lipinski definition) is 1. The molecule has 1 saturated heterocycles. The highest BCUT2D eigenvalue weighted by Gasteiger charge is 2.37. The predicted molar refractivity (Wildman–Crippen MR) is 67.1 cm³/mol. The Kier molecular flexibility index (Phi) is 3.39. The van der Waals surface area contributed by atoms with Crippen molar-refractivity contribution in [2.45, 2.75) is 30.3 Å². The third-order valence-corrected chi connectivity index (χ3v) is 5.35. The molecule has 1 aromatic carbocycles. The van der Waals surface area contributed by atoms with Crippen LogP contribution in [-0.4, -0.2) is 31.4 Å². The Morgan fingerprint density at radius 3 is 2.44 bits per heavy atom. The quantitative estimate of drug-likeness (QED) is 0.851. The predicted octanol–water partition coefficient (Wildman–Crippen LogP) is 0.668. The standard InChI is InChI=1S/C12H15N3O2S/c1-9-12(14)6-7-15(9)18(16,17)11-4-2-10(8-13)3-5-11/h2-5,9,12H,6-7,14H2,1H3. The summed E-state index contributed by atoms with van der Waals surface area (Å²) in [4.78, 5) is 0.211. The lowest BCUT2D eigenvalue weighted by atomic mass is 10.2. The summed E-state index contributed by atoms with van der Waals surface area (Å²) in [5.41, 5.74) is 6.28. The maximum atomic E-state index is 12.4. The summed E-state index contributed by atoms with van der Waals surface area (Å²) in [6, 6.07) is 7.60. The van der Waals surface area contributed by atoms with E-state index in [-0.39, 0.29) is 17.0 Å². The number of sulfonamides is 1. The zero-order valence-corrected chi connectivity index (χ0v) is 10.9. The van der Waals surface area contributed by atoms with Crippen LogP contribution in [0.3, 0.4) is 0 Å².